The molecule has 1 amide bonds. The van der Waals surface area contributed by atoms with E-state index < -0.39 is 6.09 Å². The van der Waals surface area contributed by atoms with Crippen LogP contribution in [0.4, 0.5) is 22.1 Å². The molecular formula is C13H17N7O3. The average molecular weight is 319 g/mol. The predicted molar refractivity (Wildman–Crippen MR) is 85.5 cm³/mol. The summed E-state index contributed by atoms with van der Waals surface area (Å²) < 4.78 is 9.66. The van der Waals surface area contributed by atoms with Gasteiger partial charge in [0.2, 0.25) is 0 Å². The van der Waals surface area contributed by atoms with Crippen molar-refractivity contribution < 1.29 is 14.3 Å². The van der Waals surface area contributed by atoms with E-state index in [9.17, 15) is 4.79 Å². The number of aliphatic imine (C=N–C) groups is 1. The largest absolute Gasteiger partial charge is 0.453 e. The van der Waals surface area contributed by atoms with Crippen molar-refractivity contribution in [3.8, 4) is 0 Å². The molecule has 2 rings (SSSR count). The van der Waals surface area contributed by atoms with E-state index >= 15 is 0 Å². The third kappa shape index (κ3) is 4.15. The fourth-order valence-corrected chi connectivity index (χ4v) is 1.76. The van der Waals surface area contributed by atoms with Gasteiger partial charge in [-0.2, -0.15) is 0 Å². The monoisotopic (exact) mass is 319 g/mol. The number of nitrogens with one attached hydrogen (secondary N) is 2. The number of amides is 1. The van der Waals surface area contributed by atoms with Crippen molar-refractivity contribution >= 4 is 35.0 Å². The molecule has 0 aliphatic carbocycles. The van der Waals surface area contributed by atoms with Crippen molar-refractivity contribution in [3.05, 3.63) is 18.2 Å². The number of carbonyl (C=O) groups is 1. The average Bonchev–Trinajstić information content (AvgIpc) is 2.56. The zero-order valence-electron chi connectivity index (χ0n) is 12.5. The Morgan fingerprint density at radius 2 is 2.13 bits per heavy atom. The molecule has 0 bridgehead atoms. The molecule has 6 N–H and O–H groups in total. The summed E-state index contributed by atoms with van der Waals surface area (Å²) in [6.07, 6.45) is 3.36. The van der Waals surface area contributed by atoms with Crippen molar-refractivity contribution in [2.75, 3.05) is 30.4 Å². The van der Waals surface area contributed by atoms with Crippen LogP contribution in [0.3, 0.4) is 0 Å². The van der Waals surface area contributed by atoms with E-state index in [-0.39, 0.29) is 28.9 Å². The maximum Gasteiger partial charge on any atom is 0.411 e. The number of anilines is 3. The number of ether oxygens (including phenoxy) is 2. The van der Waals surface area contributed by atoms with E-state index in [0.29, 0.717) is 25.3 Å². The summed E-state index contributed by atoms with van der Waals surface area (Å²) in [5.41, 5.74) is 11.7. The Kier molecular flexibility index (Phi) is 5.07. The van der Waals surface area contributed by atoms with Gasteiger partial charge in [-0.15, -0.1) is 0 Å². The lowest BCUT2D eigenvalue weighted by Crippen LogP contribution is -2.18. The van der Waals surface area contributed by atoms with Crippen LogP contribution >= 0.6 is 0 Å². The van der Waals surface area contributed by atoms with Gasteiger partial charge in [-0.3, -0.25) is 10.3 Å². The third-order valence-corrected chi connectivity index (χ3v) is 2.91. The Morgan fingerprint density at radius 1 is 1.43 bits per heavy atom. The molecule has 0 unspecified atom stereocenters. The second kappa shape index (κ2) is 7.20. The molecule has 0 saturated carbocycles. The fraction of sp³-hybridized carbons (Fsp3) is 0.308. The molecule has 0 atom stereocenters. The maximum atomic E-state index is 11.2. The third-order valence-electron chi connectivity index (χ3n) is 2.91. The van der Waals surface area contributed by atoms with Gasteiger partial charge < -0.3 is 26.4 Å². The van der Waals surface area contributed by atoms with E-state index in [0.717, 1.165) is 0 Å². The minimum Gasteiger partial charge on any atom is -0.453 e. The van der Waals surface area contributed by atoms with Crippen LogP contribution in [0, 0.1) is 5.41 Å². The van der Waals surface area contributed by atoms with Crippen LogP contribution < -0.4 is 16.8 Å². The van der Waals surface area contributed by atoms with Crippen LogP contribution in [0.15, 0.2) is 17.3 Å². The summed E-state index contributed by atoms with van der Waals surface area (Å²) >= 11 is 0. The van der Waals surface area contributed by atoms with E-state index in [1.54, 1.807) is 12.3 Å². The molecule has 0 saturated heterocycles. The molecule has 0 fully saturated rings. The lowest BCUT2D eigenvalue weighted by Gasteiger charge is -2.12. The Morgan fingerprint density at radius 3 is 2.70 bits per heavy atom. The van der Waals surface area contributed by atoms with Gasteiger partial charge in [0.05, 0.1) is 25.6 Å². The summed E-state index contributed by atoms with van der Waals surface area (Å²) in [4.78, 5) is 23.3. The Hall–Kier alpha value is -3.17. The lowest BCUT2D eigenvalue weighted by atomic mass is 10.2. The molecule has 0 spiro atoms. The zero-order valence-corrected chi connectivity index (χ0v) is 12.5. The van der Waals surface area contributed by atoms with Gasteiger partial charge in [0.25, 0.3) is 0 Å². The topological polar surface area (TPSA) is 162 Å². The predicted octanol–water partition coefficient (Wildman–Crippen LogP) is 0.910. The van der Waals surface area contributed by atoms with E-state index in [1.807, 2.05) is 0 Å². The first-order valence-corrected chi connectivity index (χ1v) is 6.72. The van der Waals surface area contributed by atoms with Crippen LogP contribution in [0.2, 0.25) is 0 Å². The van der Waals surface area contributed by atoms with Gasteiger partial charge in [0.15, 0.2) is 23.4 Å². The highest BCUT2D eigenvalue weighted by Gasteiger charge is 2.16. The van der Waals surface area contributed by atoms with Gasteiger partial charge in [-0.05, 0) is 6.08 Å². The number of nitrogens with two attached hydrogens (primary N) is 2. The highest BCUT2D eigenvalue weighted by atomic mass is 16.5. The number of hydrogen-bond donors (Lipinski definition) is 4. The maximum absolute atomic E-state index is 11.2. The SMILES string of the molecule is COC(=O)Nc1c(N)nc(C(=N)CCC2=NCC=CO2)nc1N. The van der Waals surface area contributed by atoms with Crippen molar-refractivity contribution in [1.82, 2.24) is 9.97 Å². The van der Waals surface area contributed by atoms with Crippen LogP contribution in [0.25, 0.3) is 0 Å². The van der Waals surface area contributed by atoms with Crippen LogP contribution in [0.1, 0.15) is 18.7 Å². The normalized spacial score (nSPS) is 13.0. The first-order chi connectivity index (χ1) is 11.0. The summed E-state index contributed by atoms with van der Waals surface area (Å²) in [6, 6.07) is 0. The smallest absolute Gasteiger partial charge is 0.411 e. The van der Waals surface area contributed by atoms with Crippen molar-refractivity contribution in [3.63, 3.8) is 0 Å². The number of hydrogen-bond acceptors (Lipinski definition) is 9. The second-order valence-corrected chi connectivity index (χ2v) is 4.51. The summed E-state index contributed by atoms with van der Waals surface area (Å²) in [5.74, 6) is 0.540. The number of aromatic nitrogens is 2. The van der Waals surface area contributed by atoms with Gasteiger partial charge in [-0.25, -0.2) is 14.8 Å². The van der Waals surface area contributed by atoms with Gasteiger partial charge >= 0.3 is 6.09 Å². The molecule has 0 radical (unpaired) electrons. The van der Waals surface area contributed by atoms with Crippen molar-refractivity contribution in [2.45, 2.75) is 12.8 Å². The van der Waals surface area contributed by atoms with Crippen LogP contribution in [-0.2, 0) is 9.47 Å². The molecule has 0 aromatic carbocycles. The number of carbonyl (C=O) groups excluding carboxylic acids is 1. The first kappa shape index (κ1) is 16.2. The van der Waals surface area contributed by atoms with Crippen LogP contribution in [0.5, 0.6) is 0 Å². The Labute approximate surface area is 132 Å². The van der Waals surface area contributed by atoms with E-state index in [4.69, 9.17) is 21.6 Å². The highest BCUT2D eigenvalue weighted by Crippen LogP contribution is 2.23. The molecule has 23 heavy (non-hydrogen) atoms. The van der Waals surface area contributed by atoms with Crippen molar-refractivity contribution in [1.29, 1.82) is 5.41 Å². The molecule has 122 valence electrons. The fourth-order valence-electron chi connectivity index (χ4n) is 1.76. The number of nitrogen functional groups attached to an aromatic ring is 2. The molecule has 1 aromatic heterocycles. The molecule has 1 aliphatic heterocycles. The molecule has 10 nitrogen and oxygen atoms in total. The molecule has 10 heteroatoms. The molecule has 1 aromatic rings. The molecule has 2 heterocycles. The number of methoxy groups -OCH3 is 1. The van der Waals surface area contributed by atoms with Gasteiger partial charge in [0.1, 0.15) is 5.69 Å². The Balaban J connectivity index is 2.06. The van der Waals surface area contributed by atoms with E-state index in [2.05, 4.69) is 25.0 Å². The summed E-state index contributed by atoms with van der Waals surface area (Å²) in [7, 11) is 1.21. The van der Waals surface area contributed by atoms with Gasteiger partial charge in [0, 0.05) is 12.8 Å². The molecular weight excluding hydrogens is 302 g/mol. The number of rotatable bonds is 5. The standard InChI is InChI=1S/C13H17N7O3/c1-22-13(21)18-9-10(15)19-12(20-11(9)16)7(14)3-4-8-17-5-2-6-23-8/h2,6,14H,3-5H2,1H3,(H,18,21)(H4,15,16,19,20). The Bertz CT molecular complexity index is 661. The quantitative estimate of drug-likeness (QED) is 0.586. The van der Waals surface area contributed by atoms with E-state index in [1.165, 1.54) is 7.11 Å². The minimum absolute atomic E-state index is 0.0446. The summed E-state index contributed by atoms with van der Waals surface area (Å²) in [5, 5.41) is 10.3. The highest BCUT2D eigenvalue weighted by molar-refractivity contribution is 5.99. The second-order valence-electron chi connectivity index (χ2n) is 4.51. The summed E-state index contributed by atoms with van der Waals surface area (Å²) in [6.45, 7) is 0.562. The number of nitrogens with zero attached hydrogens (tertiary/aromatic N) is 3. The van der Waals surface area contributed by atoms with Gasteiger partial charge in [-0.1, -0.05) is 0 Å². The lowest BCUT2D eigenvalue weighted by molar-refractivity contribution is 0.187. The first-order valence-electron chi connectivity index (χ1n) is 6.72. The van der Waals surface area contributed by atoms with Crippen LogP contribution in [-0.4, -0.2) is 41.3 Å². The van der Waals surface area contributed by atoms with Crippen molar-refractivity contribution in [2.24, 2.45) is 4.99 Å². The molecule has 1 aliphatic rings. The zero-order chi connectivity index (χ0) is 16.8. The minimum atomic E-state index is -0.740.